The van der Waals surface area contributed by atoms with Gasteiger partial charge in [0.05, 0.1) is 6.54 Å². The Labute approximate surface area is 422 Å². The van der Waals surface area contributed by atoms with Gasteiger partial charge in [0.25, 0.3) is 0 Å². The van der Waals surface area contributed by atoms with Gasteiger partial charge in [-0.15, -0.1) is 0 Å². The van der Waals surface area contributed by atoms with Crippen LogP contribution in [0.5, 0.6) is 11.5 Å². The van der Waals surface area contributed by atoms with E-state index >= 15 is 0 Å². The molecule has 0 aliphatic carbocycles. The predicted octanol–water partition coefficient (Wildman–Crippen LogP) is -0.144. The lowest BCUT2D eigenvalue weighted by Gasteiger charge is -2.29. The molecule has 0 bridgehead atoms. The van der Waals surface area contributed by atoms with Gasteiger partial charge in [0.2, 0.25) is 41.4 Å². The van der Waals surface area contributed by atoms with Gasteiger partial charge in [0.1, 0.15) is 47.8 Å². The van der Waals surface area contributed by atoms with Crippen molar-refractivity contribution in [2.75, 3.05) is 13.1 Å². The molecule has 15 N–H and O–H groups in total. The summed E-state index contributed by atoms with van der Waals surface area (Å²) in [5, 5.41) is 56.7. The Balaban J connectivity index is 1.80. The normalized spacial score (nSPS) is 14.1. The number of guanidine groups is 1. The maximum absolute atomic E-state index is 14.3. The standard InChI is InChI=1S/C50H68N10O13/c1-5-28(2)42(48(71)57-36(21-22-41(64)65)45(68)59-39(49(72)73)26-33-15-19-35(62)20-16-33)60-47(70)38(24-31-11-7-6-8-12-31)58-44(67)30(4)55-46(69)37(25-32-13-17-34(61)18-14-32)56-40(63)27-54-43(66)29(3)10-9-23-53-50(51)52/h6-8,11-20,28-30,36-39,42,61-62H,5,9-10,21-27H2,1-4H3,(H,54,66)(H,55,69)(H,56,63)(H,57,71)(H,58,67)(H,59,68)(H,60,70)(H,64,65)(H,72,73)(H4,51,52,53)/t28?,29-,30-,36-,37-,38-,39-,42-/m0/s1. The van der Waals surface area contributed by atoms with E-state index < -0.39 is 121 Å². The highest BCUT2D eigenvalue weighted by Crippen LogP contribution is 2.15. The molecular formula is C50H68N10O13. The molecule has 73 heavy (non-hydrogen) atoms. The zero-order valence-electron chi connectivity index (χ0n) is 41.3. The van der Waals surface area contributed by atoms with Crippen LogP contribution in [0.15, 0.2) is 83.9 Å². The number of nitrogens with zero attached hydrogens (tertiary/aromatic N) is 1. The Morgan fingerprint density at radius 2 is 1.05 bits per heavy atom. The quantitative estimate of drug-likeness (QED) is 0.0235. The molecule has 23 nitrogen and oxygen atoms in total. The molecule has 0 aliphatic heterocycles. The summed E-state index contributed by atoms with van der Waals surface area (Å²) in [6.45, 7) is 6.21. The number of carboxylic acid groups (broad SMARTS) is 2. The summed E-state index contributed by atoms with van der Waals surface area (Å²) in [5.74, 6) is -9.56. The van der Waals surface area contributed by atoms with Gasteiger partial charge in [0, 0.05) is 38.1 Å². The molecule has 0 saturated carbocycles. The molecule has 8 atom stereocenters. The van der Waals surface area contributed by atoms with E-state index in [9.17, 15) is 63.6 Å². The molecule has 0 spiro atoms. The largest absolute Gasteiger partial charge is 0.508 e. The third-order valence-electron chi connectivity index (χ3n) is 11.7. The first-order valence-corrected chi connectivity index (χ1v) is 23.7. The number of aromatic hydroxyl groups is 2. The average molecular weight is 1020 g/mol. The fraction of sp³-hybridized carbons (Fsp3) is 0.440. The fourth-order valence-corrected chi connectivity index (χ4v) is 7.23. The number of aliphatic carboxylic acids is 2. The van der Waals surface area contributed by atoms with Crippen molar-refractivity contribution < 1.29 is 63.6 Å². The number of phenols is 2. The Kier molecular flexibility index (Phi) is 24.1. The van der Waals surface area contributed by atoms with Crippen LogP contribution in [0.1, 0.15) is 76.5 Å². The third kappa shape index (κ3) is 21.3. The number of benzene rings is 3. The van der Waals surface area contributed by atoms with E-state index in [0.717, 1.165) is 0 Å². The van der Waals surface area contributed by atoms with E-state index in [2.05, 4.69) is 42.2 Å². The fourth-order valence-electron chi connectivity index (χ4n) is 7.23. The van der Waals surface area contributed by atoms with Crippen LogP contribution >= 0.6 is 0 Å². The van der Waals surface area contributed by atoms with Crippen LogP contribution in [0.25, 0.3) is 0 Å². The van der Waals surface area contributed by atoms with Crippen LogP contribution < -0.4 is 48.7 Å². The maximum atomic E-state index is 14.3. The molecular weight excluding hydrogens is 949 g/mol. The molecule has 7 amide bonds. The van der Waals surface area contributed by atoms with Crippen molar-refractivity contribution in [3.63, 3.8) is 0 Å². The lowest BCUT2D eigenvalue weighted by atomic mass is 9.96. The van der Waals surface area contributed by atoms with Gasteiger partial charge in [-0.1, -0.05) is 81.8 Å². The summed E-state index contributed by atoms with van der Waals surface area (Å²) >= 11 is 0. The topological polar surface area (TPSA) is 383 Å². The predicted molar refractivity (Wildman–Crippen MR) is 267 cm³/mol. The molecule has 396 valence electrons. The number of nitrogens with two attached hydrogens (primary N) is 2. The molecule has 0 radical (unpaired) electrons. The Morgan fingerprint density at radius 3 is 1.59 bits per heavy atom. The Morgan fingerprint density at radius 1 is 0.562 bits per heavy atom. The van der Waals surface area contributed by atoms with E-state index in [0.29, 0.717) is 42.5 Å². The van der Waals surface area contributed by atoms with Gasteiger partial charge >= 0.3 is 11.9 Å². The van der Waals surface area contributed by atoms with Crippen molar-refractivity contribution in [3.05, 3.63) is 95.6 Å². The van der Waals surface area contributed by atoms with E-state index in [1.807, 2.05) is 0 Å². The Bertz CT molecular complexity index is 2380. The molecule has 0 fully saturated rings. The molecule has 3 aromatic carbocycles. The lowest BCUT2D eigenvalue weighted by molar-refractivity contribution is -0.143. The number of nitrogens with one attached hydrogen (secondary N) is 7. The first-order valence-electron chi connectivity index (χ1n) is 23.7. The number of carboxylic acids is 2. The summed E-state index contributed by atoms with van der Waals surface area (Å²) in [6, 6.07) is 11.5. The van der Waals surface area contributed by atoms with E-state index in [1.165, 1.54) is 55.5 Å². The zero-order chi connectivity index (χ0) is 54.2. The molecule has 3 rings (SSSR count). The molecule has 1 unspecified atom stereocenters. The minimum atomic E-state index is -1.57. The summed E-state index contributed by atoms with van der Waals surface area (Å²) in [5.41, 5.74) is 12.3. The van der Waals surface area contributed by atoms with Crippen LogP contribution in [0.3, 0.4) is 0 Å². The van der Waals surface area contributed by atoms with Gasteiger partial charge in [-0.05, 0) is 73.1 Å². The van der Waals surface area contributed by atoms with Crippen molar-refractivity contribution in [3.8, 4) is 11.5 Å². The van der Waals surface area contributed by atoms with E-state index in [-0.39, 0.29) is 36.7 Å². The number of hydrogen-bond acceptors (Lipinski definition) is 12. The first kappa shape index (κ1) is 59.1. The van der Waals surface area contributed by atoms with Crippen molar-refractivity contribution in [1.82, 2.24) is 37.2 Å². The minimum Gasteiger partial charge on any atom is -0.508 e. The highest BCUT2D eigenvalue weighted by Gasteiger charge is 2.35. The minimum absolute atomic E-state index is 0.0447. The van der Waals surface area contributed by atoms with Crippen LogP contribution in [-0.4, -0.2) is 129 Å². The number of phenolic OH excluding ortho intramolecular Hbond substituents is 2. The second-order valence-electron chi connectivity index (χ2n) is 17.7. The van der Waals surface area contributed by atoms with Crippen LogP contribution in [0, 0.1) is 11.8 Å². The monoisotopic (exact) mass is 1020 g/mol. The molecule has 23 heteroatoms. The van der Waals surface area contributed by atoms with E-state index in [4.69, 9.17) is 11.5 Å². The van der Waals surface area contributed by atoms with Crippen LogP contribution in [-0.2, 0) is 62.4 Å². The summed E-state index contributed by atoms with van der Waals surface area (Å²) in [7, 11) is 0. The molecule has 0 saturated heterocycles. The molecule has 3 aromatic rings. The van der Waals surface area contributed by atoms with Crippen molar-refractivity contribution in [2.24, 2.45) is 28.3 Å². The Hall–Kier alpha value is -8.24. The molecule has 0 heterocycles. The maximum Gasteiger partial charge on any atom is 0.326 e. The molecule has 0 aromatic heterocycles. The summed E-state index contributed by atoms with van der Waals surface area (Å²) in [4.78, 5) is 123. The van der Waals surface area contributed by atoms with Crippen molar-refractivity contribution in [2.45, 2.75) is 115 Å². The number of aliphatic imine (C=N–C) groups is 1. The molecule has 0 aliphatic rings. The smallest absolute Gasteiger partial charge is 0.326 e. The average Bonchev–Trinajstić information content (AvgIpc) is 3.35. The SMILES string of the molecule is CCC(C)[C@H](NC(=O)[C@H](Cc1ccccc1)NC(=O)[C@H](C)NC(=O)[C@H](Cc1ccc(O)cc1)NC(=O)CNC(=O)[C@@H](C)CCCN=C(N)N)C(=O)N[C@@H](CCC(=O)O)C(=O)N[C@@H](Cc1ccc(O)cc1)C(=O)O. The van der Waals surface area contributed by atoms with Gasteiger partial charge < -0.3 is 69.1 Å². The highest BCUT2D eigenvalue weighted by molar-refractivity contribution is 5.97. The third-order valence-corrected chi connectivity index (χ3v) is 11.7. The van der Waals surface area contributed by atoms with Gasteiger partial charge in [0.15, 0.2) is 5.96 Å². The van der Waals surface area contributed by atoms with Crippen molar-refractivity contribution in [1.29, 1.82) is 0 Å². The second-order valence-corrected chi connectivity index (χ2v) is 17.7. The second kappa shape index (κ2) is 29.8. The van der Waals surface area contributed by atoms with Crippen LogP contribution in [0.2, 0.25) is 0 Å². The van der Waals surface area contributed by atoms with Crippen LogP contribution in [0.4, 0.5) is 0 Å². The number of carbonyl (C=O) groups is 9. The van der Waals surface area contributed by atoms with Gasteiger partial charge in [-0.25, -0.2) is 4.79 Å². The van der Waals surface area contributed by atoms with Gasteiger partial charge in [-0.3, -0.25) is 43.3 Å². The van der Waals surface area contributed by atoms with Gasteiger partial charge in [-0.2, -0.15) is 0 Å². The summed E-state index contributed by atoms with van der Waals surface area (Å²) in [6.07, 6.45) is -0.213. The van der Waals surface area contributed by atoms with E-state index in [1.54, 1.807) is 51.1 Å². The highest BCUT2D eigenvalue weighted by atomic mass is 16.4. The number of rotatable bonds is 30. The zero-order valence-corrected chi connectivity index (χ0v) is 41.3. The lowest BCUT2D eigenvalue weighted by Crippen LogP contribution is -2.61. The number of hydrogen-bond donors (Lipinski definition) is 13. The summed E-state index contributed by atoms with van der Waals surface area (Å²) < 4.78 is 0. The number of carbonyl (C=O) groups excluding carboxylic acids is 7. The first-order chi connectivity index (χ1) is 34.6. The number of amides is 7. The van der Waals surface area contributed by atoms with Crippen molar-refractivity contribution >= 4 is 59.2 Å².